The number of hydrogen-bond acceptors (Lipinski definition) is 8. The van der Waals surface area contributed by atoms with Crippen molar-refractivity contribution in [1.29, 1.82) is 0 Å². The van der Waals surface area contributed by atoms with Gasteiger partial charge in [-0.15, -0.1) is 0 Å². The fraction of sp³-hybridized carbons (Fsp3) is 0.462. The van der Waals surface area contributed by atoms with Gasteiger partial charge in [-0.2, -0.15) is 16.8 Å². The Morgan fingerprint density at radius 2 is 1.35 bits per heavy atom. The summed E-state index contributed by atoms with van der Waals surface area (Å²) < 4.78 is 53.4. The minimum absolute atomic E-state index is 0.0901. The van der Waals surface area contributed by atoms with E-state index in [-0.39, 0.29) is 26.3 Å². The molecule has 0 spiro atoms. The number of carbonyl (C=O) groups is 1. The summed E-state index contributed by atoms with van der Waals surface area (Å²) >= 11 is 0. The van der Waals surface area contributed by atoms with Crippen LogP contribution in [0.15, 0.2) is 24.3 Å². The Labute approximate surface area is 136 Å². The SMILES string of the molecule is CS(=O)(=O)OCCN(CCOS(C)(=O)=O)c1ccc(C=O)cc1. The molecule has 0 saturated carbocycles. The zero-order valence-electron chi connectivity index (χ0n) is 12.8. The van der Waals surface area contributed by atoms with Crippen LogP contribution in [0.5, 0.6) is 0 Å². The summed E-state index contributed by atoms with van der Waals surface area (Å²) in [6, 6.07) is 6.55. The lowest BCUT2D eigenvalue weighted by Crippen LogP contribution is -2.32. The molecule has 0 radical (unpaired) electrons. The Morgan fingerprint density at radius 1 is 0.913 bits per heavy atom. The molecule has 1 aromatic carbocycles. The minimum atomic E-state index is -3.56. The minimum Gasteiger partial charge on any atom is -0.367 e. The van der Waals surface area contributed by atoms with Crippen LogP contribution in [0.25, 0.3) is 0 Å². The van der Waals surface area contributed by atoms with Gasteiger partial charge in [0.15, 0.2) is 0 Å². The lowest BCUT2D eigenvalue weighted by molar-refractivity contribution is 0.112. The molecule has 0 aliphatic carbocycles. The van der Waals surface area contributed by atoms with Crippen LogP contribution in [0.1, 0.15) is 10.4 Å². The first-order chi connectivity index (χ1) is 10.6. The third-order valence-electron chi connectivity index (χ3n) is 2.71. The molecule has 0 N–H and O–H groups in total. The van der Waals surface area contributed by atoms with E-state index in [2.05, 4.69) is 8.37 Å². The van der Waals surface area contributed by atoms with Crippen molar-refractivity contribution in [2.24, 2.45) is 0 Å². The number of nitrogens with zero attached hydrogens (tertiary/aromatic N) is 1. The van der Waals surface area contributed by atoms with Crippen molar-refractivity contribution in [3.63, 3.8) is 0 Å². The predicted octanol–water partition coefficient (Wildman–Crippen LogP) is 0.258. The molecule has 0 bridgehead atoms. The molecule has 1 aromatic rings. The monoisotopic (exact) mass is 365 g/mol. The quantitative estimate of drug-likeness (QED) is 0.429. The molecule has 23 heavy (non-hydrogen) atoms. The largest absolute Gasteiger partial charge is 0.367 e. The number of rotatable bonds is 10. The highest BCUT2D eigenvalue weighted by Gasteiger charge is 2.11. The second kappa shape index (κ2) is 8.39. The Kier molecular flexibility index (Phi) is 7.13. The van der Waals surface area contributed by atoms with Gasteiger partial charge in [0.2, 0.25) is 0 Å². The van der Waals surface area contributed by atoms with Crippen molar-refractivity contribution in [3.05, 3.63) is 29.8 Å². The molecule has 1 rings (SSSR count). The molecule has 0 heterocycles. The number of hydrogen-bond donors (Lipinski definition) is 0. The van der Waals surface area contributed by atoms with Gasteiger partial charge in [0, 0.05) is 24.3 Å². The van der Waals surface area contributed by atoms with Crippen molar-refractivity contribution in [1.82, 2.24) is 0 Å². The molecular weight excluding hydrogens is 346 g/mol. The van der Waals surface area contributed by atoms with E-state index in [1.54, 1.807) is 29.2 Å². The molecule has 0 atom stereocenters. The van der Waals surface area contributed by atoms with Gasteiger partial charge in [-0.25, -0.2) is 0 Å². The standard InChI is InChI=1S/C13H19NO7S2/c1-22(16,17)20-9-7-14(8-10-21-23(2,18)19)13-5-3-12(11-15)4-6-13/h3-6,11H,7-10H2,1-2H3. The van der Waals surface area contributed by atoms with Gasteiger partial charge in [0.05, 0.1) is 25.7 Å². The van der Waals surface area contributed by atoms with Gasteiger partial charge in [-0.05, 0) is 24.3 Å². The Balaban J connectivity index is 2.75. The Bertz CT molecular complexity index is 673. The topological polar surface area (TPSA) is 107 Å². The molecule has 0 aliphatic heterocycles. The molecule has 0 amide bonds. The number of benzene rings is 1. The summed E-state index contributed by atoms with van der Waals surface area (Å²) in [7, 11) is -7.11. The van der Waals surface area contributed by atoms with Gasteiger partial charge >= 0.3 is 0 Å². The Morgan fingerprint density at radius 3 is 1.70 bits per heavy atom. The summed E-state index contributed by atoms with van der Waals surface area (Å²) in [4.78, 5) is 12.4. The first-order valence-electron chi connectivity index (χ1n) is 6.60. The highest BCUT2D eigenvalue weighted by atomic mass is 32.2. The van der Waals surface area contributed by atoms with Crippen LogP contribution in [-0.4, -0.2) is 61.9 Å². The smallest absolute Gasteiger partial charge is 0.264 e. The summed E-state index contributed by atoms with van der Waals surface area (Å²) in [5.74, 6) is 0. The van der Waals surface area contributed by atoms with E-state index in [4.69, 9.17) is 0 Å². The summed E-state index contributed by atoms with van der Waals surface area (Å²) in [5.41, 5.74) is 1.18. The second-order valence-corrected chi connectivity index (χ2v) is 8.04. The van der Waals surface area contributed by atoms with E-state index in [1.165, 1.54) is 0 Å². The van der Waals surface area contributed by atoms with Crippen LogP contribution >= 0.6 is 0 Å². The van der Waals surface area contributed by atoms with Crippen LogP contribution < -0.4 is 4.90 Å². The van der Waals surface area contributed by atoms with Gasteiger partial charge in [-0.1, -0.05) is 0 Å². The molecule has 8 nitrogen and oxygen atoms in total. The number of aldehydes is 1. The normalized spacial score (nSPS) is 12.1. The maximum Gasteiger partial charge on any atom is 0.264 e. The van der Waals surface area contributed by atoms with E-state index in [0.29, 0.717) is 17.5 Å². The predicted molar refractivity (Wildman–Crippen MR) is 85.6 cm³/mol. The van der Waals surface area contributed by atoms with Crippen LogP contribution in [-0.2, 0) is 28.6 Å². The van der Waals surface area contributed by atoms with Crippen molar-refractivity contribution in [2.45, 2.75) is 0 Å². The first kappa shape index (κ1) is 19.6. The number of anilines is 1. The van der Waals surface area contributed by atoms with E-state index in [9.17, 15) is 21.6 Å². The molecule has 0 saturated heterocycles. The molecule has 0 unspecified atom stereocenters. The van der Waals surface area contributed by atoms with Gasteiger partial charge < -0.3 is 4.90 Å². The highest BCUT2D eigenvalue weighted by molar-refractivity contribution is 7.86. The lowest BCUT2D eigenvalue weighted by atomic mass is 10.2. The fourth-order valence-electron chi connectivity index (χ4n) is 1.73. The molecule has 10 heteroatoms. The van der Waals surface area contributed by atoms with Gasteiger partial charge in [0.1, 0.15) is 6.29 Å². The van der Waals surface area contributed by atoms with E-state index in [1.807, 2.05) is 0 Å². The molecule has 130 valence electrons. The van der Waals surface area contributed by atoms with Crippen LogP contribution in [0.3, 0.4) is 0 Å². The van der Waals surface area contributed by atoms with Crippen molar-refractivity contribution < 1.29 is 30.0 Å². The van der Waals surface area contributed by atoms with Crippen LogP contribution in [0.4, 0.5) is 5.69 Å². The van der Waals surface area contributed by atoms with Crippen molar-refractivity contribution in [3.8, 4) is 0 Å². The van der Waals surface area contributed by atoms with Crippen LogP contribution in [0, 0.1) is 0 Å². The number of carbonyl (C=O) groups excluding carboxylic acids is 1. The van der Waals surface area contributed by atoms with Crippen LogP contribution in [0.2, 0.25) is 0 Å². The molecule has 0 fully saturated rings. The lowest BCUT2D eigenvalue weighted by Gasteiger charge is -2.24. The third-order valence-corrected chi connectivity index (χ3v) is 3.90. The second-order valence-electron chi connectivity index (χ2n) is 4.75. The maximum atomic E-state index is 11.0. The highest BCUT2D eigenvalue weighted by Crippen LogP contribution is 2.14. The van der Waals surface area contributed by atoms with E-state index >= 15 is 0 Å². The molecule has 0 aromatic heterocycles. The van der Waals surface area contributed by atoms with E-state index in [0.717, 1.165) is 12.5 Å². The van der Waals surface area contributed by atoms with Gasteiger partial charge in [0.25, 0.3) is 20.2 Å². The average Bonchev–Trinajstić information content (AvgIpc) is 2.43. The van der Waals surface area contributed by atoms with Gasteiger partial charge in [-0.3, -0.25) is 13.2 Å². The zero-order chi connectivity index (χ0) is 17.5. The molecular formula is C13H19NO7S2. The molecule has 0 aliphatic rings. The average molecular weight is 365 g/mol. The fourth-order valence-corrected chi connectivity index (χ4v) is 2.49. The van der Waals surface area contributed by atoms with Crippen molar-refractivity contribution >= 4 is 32.2 Å². The maximum absolute atomic E-state index is 11.0. The summed E-state index contributed by atoms with van der Waals surface area (Å²) in [6.45, 7) is 0.238. The summed E-state index contributed by atoms with van der Waals surface area (Å²) in [6.07, 6.45) is 2.60. The van der Waals surface area contributed by atoms with E-state index < -0.39 is 20.2 Å². The van der Waals surface area contributed by atoms with Crippen molar-refractivity contribution in [2.75, 3.05) is 43.7 Å². The zero-order valence-corrected chi connectivity index (χ0v) is 14.5. The Hall–Kier alpha value is -1.49. The summed E-state index contributed by atoms with van der Waals surface area (Å²) in [5, 5.41) is 0. The first-order valence-corrected chi connectivity index (χ1v) is 10.2. The third kappa shape index (κ3) is 8.65.